The number of thiazole rings is 1. The number of rotatable bonds is 13. The van der Waals surface area contributed by atoms with Gasteiger partial charge in [-0.15, -0.1) is 0 Å². The van der Waals surface area contributed by atoms with Crippen LogP contribution in [0.2, 0.25) is 5.02 Å². The molecule has 6 rings (SSSR count). The first-order valence-electron chi connectivity index (χ1n) is 17.4. The minimum Gasteiger partial charge on any atom is -0.490 e. The van der Waals surface area contributed by atoms with Crippen molar-refractivity contribution in [1.82, 2.24) is 9.13 Å². The van der Waals surface area contributed by atoms with E-state index in [1.54, 1.807) is 32.0 Å². The Balaban J connectivity index is 1.36. The number of allylic oxidation sites excluding steroid dienone is 1. The zero-order valence-corrected chi connectivity index (χ0v) is 32.4. The predicted molar refractivity (Wildman–Crippen MR) is 207 cm³/mol. The van der Waals surface area contributed by atoms with Crippen LogP contribution in [0.1, 0.15) is 54.9 Å². The molecule has 0 amide bonds. The fourth-order valence-corrected chi connectivity index (χ4v) is 7.46. The second kappa shape index (κ2) is 16.6. The van der Waals surface area contributed by atoms with Gasteiger partial charge in [-0.2, -0.15) is 0 Å². The number of carbonyl (C=O) groups excluding carboxylic acids is 2. The standard InChI is InChI=1S/C41H40ClN3O8S/c1-7-50-34-20-28(11-18-33(34)53-23-36(46)49-6)38-37(40(48)51-8-2)25(4)43-41-45(38)39(47)35(54-41)21-29-19-24(3)44(26(29)5)31-14-16-32(17-15-31)52-22-27-9-12-30(42)13-10-27/h9-21,38H,7-8,22-23H2,1-6H3/b35-21+/t38-/m1/s1. The monoisotopic (exact) mass is 769 g/mol. The van der Waals surface area contributed by atoms with Crippen molar-refractivity contribution in [1.29, 1.82) is 0 Å². The van der Waals surface area contributed by atoms with E-state index in [9.17, 15) is 14.4 Å². The topological polar surface area (TPSA) is 120 Å². The number of halogens is 1. The van der Waals surface area contributed by atoms with E-state index in [2.05, 4.69) is 4.57 Å². The molecule has 54 heavy (non-hydrogen) atoms. The molecule has 13 heteroatoms. The molecular formula is C41H40ClN3O8S. The van der Waals surface area contributed by atoms with Gasteiger partial charge in [-0.1, -0.05) is 41.1 Å². The number of fused-ring (bicyclic) bond motifs is 1. The summed E-state index contributed by atoms with van der Waals surface area (Å²) in [5.41, 5.74) is 5.70. The van der Waals surface area contributed by atoms with E-state index in [1.165, 1.54) is 23.0 Å². The van der Waals surface area contributed by atoms with Crippen molar-refractivity contribution in [3.63, 3.8) is 0 Å². The first-order valence-corrected chi connectivity index (χ1v) is 18.5. The molecule has 0 saturated carbocycles. The molecule has 0 bridgehead atoms. The lowest BCUT2D eigenvalue weighted by molar-refractivity contribution is -0.143. The second-order valence-electron chi connectivity index (χ2n) is 12.4. The van der Waals surface area contributed by atoms with E-state index in [4.69, 9.17) is 40.3 Å². The van der Waals surface area contributed by atoms with Crippen molar-refractivity contribution in [2.75, 3.05) is 26.9 Å². The molecule has 3 heterocycles. The van der Waals surface area contributed by atoms with E-state index < -0.39 is 18.0 Å². The number of aryl methyl sites for hydroxylation is 1. The lowest BCUT2D eigenvalue weighted by Crippen LogP contribution is -2.40. The number of hydrogen-bond donors (Lipinski definition) is 0. The zero-order chi connectivity index (χ0) is 38.5. The molecular weight excluding hydrogens is 730 g/mol. The molecule has 0 fully saturated rings. The van der Waals surface area contributed by atoms with E-state index in [-0.39, 0.29) is 24.3 Å². The normalized spacial score (nSPS) is 14.0. The smallest absolute Gasteiger partial charge is 0.343 e. The largest absolute Gasteiger partial charge is 0.490 e. The maximum Gasteiger partial charge on any atom is 0.343 e. The van der Waals surface area contributed by atoms with Crippen molar-refractivity contribution in [2.45, 2.75) is 47.3 Å². The van der Waals surface area contributed by atoms with Gasteiger partial charge in [-0.05, 0) is 112 Å². The van der Waals surface area contributed by atoms with E-state index in [0.717, 1.165) is 34.0 Å². The van der Waals surface area contributed by atoms with Crippen LogP contribution >= 0.6 is 22.9 Å². The van der Waals surface area contributed by atoms with Crippen LogP contribution < -0.4 is 29.1 Å². The number of nitrogens with zero attached hydrogens (tertiary/aromatic N) is 3. The van der Waals surface area contributed by atoms with E-state index in [0.29, 0.717) is 50.3 Å². The molecule has 11 nitrogen and oxygen atoms in total. The Morgan fingerprint density at radius 3 is 2.33 bits per heavy atom. The molecule has 1 aliphatic heterocycles. The van der Waals surface area contributed by atoms with Gasteiger partial charge >= 0.3 is 11.9 Å². The van der Waals surface area contributed by atoms with Gasteiger partial charge in [-0.25, -0.2) is 14.6 Å². The highest BCUT2D eigenvalue weighted by molar-refractivity contribution is 7.07. The van der Waals surface area contributed by atoms with Gasteiger partial charge in [0.25, 0.3) is 5.56 Å². The third-order valence-corrected chi connectivity index (χ3v) is 10.1. The molecule has 5 aromatic rings. The SMILES string of the molecule is CCOC(=O)C1=C(C)N=c2s/c(=C/c3cc(C)n(-c4ccc(OCc5ccc(Cl)cc5)cc4)c3C)c(=O)n2[C@@H]1c1ccc(OCC(=O)OC)c(OCC)c1. The number of methoxy groups -OCH3 is 1. The van der Waals surface area contributed by atoms with Crippen LogP contribution in [0, 0.1) is 13.8 Å². The van der Waals surface area contributed by atoms with Gasteiger partial charge < -0.3 is 28.3 Å². The van der Waals surface area contributed by atoms with Gasteiger partial charge in [0, 0.05) is 22.1 Å². The van der Waals surface area contributed by atoms with Crippen LogP contribution in [0.3, 0.4) is 0 Å². The minimum absolute atomic E-state index is 0.145. The Bertz CT molecular complexity index is 2410. The van der Waals surface area contributed by atoms with Gasteiger partial charge in [0.15, 0.2) is 22.9 Å². The number of esters is 2. The van der Waals surface area contributed by atoms with Crippen LogP contribution in [0.15, 0.2) is 93.9 Å². The van der Waals surface area contributed by atoms with E-state index in [1.807, 2.05) is 81.4 Å². The second-order valence-corrected chi connectivity index (χ2v) is 13.8. The van der Waals surface area contributed by atoms with Crippen LogP contribution in [-0.2, 0) is 25.7 Å². The molecule has 0 saturated heterocycles. The lowest BCUT2D eigenvalue weighted by atomic mass is 9.95. The highest BCUT2D eigenvalue weighted by atomic mass is 35.5. The molecule has 0 spiro atoms. The maximum absolute atomic E-state index is 14.4. The summed E-state index contributed by atoms with van der Waals surface area (Å²) in [5.74, 6) is 0.263. The van der Waals surface area contributed by atoms with Crippen molar-refractivity contribution in [3.05, 3.63) is 137 Å². The first kappa shape index (κ1) is 38.1. The van der Waals surface area contributed by atoms with Crippen molar-refractivity contribution < 1.29 is 33.3 Å². The highest BCUT2D eigenvalue weighted by Crippen LogP contribution is 2.36. The Kier molecular flexibility index (Phi) is 11.7. The summed E-state index contributed by atoms with van der Waals surface area (Å²) in [6.45, 7) is 9.85. The Morgan fingerprint density at radius 2 is 1.65 bits per heavy atom. The van der Waals surface area contributed by atoms with Crippen molar-refractivity contribution in [3.8, 4) is 22.9 Å². The predicted octanol–water partition coefficient (Wildman–Crippen LogP) is 6.39. The third kappa shape index (κ3) is 7.99. The maximum atomic E-state index is 14.4. The molecule has 1 aliphatic rings. The molecule has 0 unspecified atom stereocenters. The molecule has 3 aromatic carbocycles. The van der Waals surface area contributed by atoms with Crippen LogP contribution in [0.25, 0.3) is 11.8 Å². The number of ether oxygens (including phenoxy) is 5. The Morgan fingerprint density at radius 1 is 0.907 bits per heavy atom. The number of aromatic nitrogens is 2. The Hall–Kier alpha value is -5.59. The summed E-state index contributed by atoms with van der Waals surface area (Å²) < 4.78 is 31.8. The fourth-order valence-electron chi connectivity index (χ4n) is 6.30. The van der Waals surface area contributed by atoms with Gasteiger partial charge in [-0.3, -0.25) is 9.36 Å². The van der Waals surface area contributed by atoms with Crippen molar-refractivity contribution >= 4 is 41.0 Å². The summed E-state index contributed by atoms with van der Waals surface area (Å²) >= 11 is 7.25. The molecule has 0 N–H and O–H groups in total. The highest BCUT2D eigenvalue weighted by Gasteiger charge is 2.34. The van der Waals surface area contributed by atoms with E-state index >= 15 is 0 Å². The molecule has 1 atom stereocenters. The average molecular weight is 770 g/mol. The van der Waals surface area contributed by atoms with Crippen molar-refractivity contribution in [2.24, 2.45) is 4.99 Å². The summed E-state index contributed by atoms with van der Waals surface area (Å²) in [5, 5.41) is 0.680. The summed E-state index contributed by atoms with van der Waals surface area (Å²) in [6, 6.07) is 21.6. The van der Waals surface area contributed by atoms with Crippen LogP contribution in [0.4, 0.5) is 0 Å². The lowest BCUT2D eigenvalue weighted by Gasteiger charge is -2.25. The molecule has 0 radical (unpaired) electrons. The fraction of sp³-hybridized carbons (Fsp3) is 0.268. The summed E-state index contributed by atoms with van der Waals surface area (Å²) in [6.07, 6.45) is 1.86. The van der Waals surface area contributed by atoms with Crippen LogP contribution in [0.5, 0.6) is 17.2 Å². The molecule has 280 valence electrons. The first-order chi connectivity index (χ1) is 26.0. The summed E-state index contributed by atoms with van der Waals surface area (Å²) in [7, 11) is 1.28. The number of benzene rings is 3. The third-order valence-electron chi connectivity index (χ3n) is 8.84. The average Bonchev–Trinajstić information content (AvgIpc) is 3.62. The van der Waals surface area contributed by atoms with Gasteiger partial charge in [0.05, 0.1) is 42.2 Å². The number of carbonyl (C=O) groups is 2. The minimum atomic E-state index is -0.871. The number of hydrogen-bond acceptors (Lipinski definition) is 10. The zero-order valence-electron chi connectivity index (χ0n) is 30.8. The van der Waals surface area contributed by atoms with Gasteiger partial charge in [0.2, 0.25) is 0 Å². The quantitative estimate of drug-likeness (QED) is 0.127. The van der Waals surface area contributed by atoms with Gasteiger partial charge in [0.1, 0.15) is 12.4 Å². The van der Waals surface area contributed by atoms with Crippen LogP contribution in [-0.4, -0.2) is 48.0 Å². The molecule has 0 aliphatic carbocycles. The Labute approximate surface area is 321 Å². The summed E-state index contributed by atoms with van der Waals surface area (Å²) in [4.78, 5) is 44.8. The molecule has 2 aromatic heterocycles.